The van der Waals surface area contributed by atoms with Crippen molar-refractivity contribution in [1.82, 2.24) is 4.90 Å². The lowest BCUT2D eigenvalue weighted by Gasteiger charge is -2.14. The summed E-state index contributed by atoms with van der Waals surface area (Å²) in [6.45, 7) is 0.206. The smallest absolute Gasteiger partial charge is 0.293 e. The molecule has 7 nitrogen and oxygen atoms in total. The van der Waals surface area contributed by atoms with Crippen LogP contribution in [0.4, 0.5) is 4.79 Å². The van der Waals surface area contributed by atoms with Crippen LogP contribution in [0.15, 0.2) is 47.4 Å². The van der Waals surface area contributed by atoms with Crippen LogP contribution in [-0.4, -0.2) is 46.5 Å². The molecule has 2 aromatic rings. The van der Waals surface area contributed by atoms with Gasteiger partial charge in [0, 0.05) is 11.6 Å². The fourth-order valence-electron chi connectivity index (χ4n) is 2.47. The summed E-state index contributed by atoms with van der Waals surface area (Å²) in [5.74, 6) is 0.361. The second-order valence-electron chi connectivity index (χ2n) is 5.58. The first kappa shape index (κ1) is 18.7. The highest BCUT2D eigenvalue weighted by Crippen LogP contribution is 2.34. The summed E-state index contributed by atoms with van der Waals surface area (Å²) in [4.78, 5) is 25.9. The summed E-state index contributed by atoms with van der Waals surface area (Å²) in [5, 5.41) is 18.7. The molecule has 0 bridgehead atoms. The Hall–Kier alpha value is -3.13. The van der Waals surface area contributed by atoms with Gasteiger partial charge in [0.05, 0.1) is 18.6 Å². The molecule has 1 aliphatic heterocycles. The van der Waals surface area contributed by atoms with E-state index in [1.807, 2.05) is 6.07 Å². The van der Waals surface area contributed by atoms with Gasteiger partial charge in [-0.3, -0.25) is 14.5 Å². The molecule has 27 heavy (non-hydrogen) atoms. The molecular weight excluding hydrogens is 370 g/mol. The van der Waals surface area contributed by atoms with Crippen LogP contribution in [0.25, 0.3) is 6.08 Å². The lowest BCUT2D eigenvalue weighted by atomic mass is 10.1. The van der Waals surface area contributed by atoms with Crippen molar-refractivity contribution < 1.29 is 29.3 Å². The number of nitrogens with zero attached hydrogens (tertiary/aromatic N) is 1. The van der Waals surface area contributed by atoms with Gasteiger partial charge in [0.2, 0.25) is 0 Å². The molecule has 0 spiro atoms. The number of hydrogen-bond donors (Lipinski definition) is 2. The fourth-order valence-corrected chi connectivity index (χ4v) is 3.33. The lowest BCUT2D eigenvalue weighted by molar-refractivity contribution is -0.123. The number of para-hydroxylation sites is 2. The molecule has 140 valence electrons. The van der Waals surface area contributed by atoms with E-state index in [2.05, 4.69) is 0 Å². The molecule has 3 rings (SSSR count). The first-order chi connectivity index (χ1) is 13.0. The van der Waals surface area contributed by atoms with Crippen LogP contribution in [0.1, 0.15) is 5.56 Å². The van der Waals surface area contributed by atoms with Gasteiger partial charge in [-0.05, 0) is 42.1 Å². The lowest BCUT2D eigenvalue weighted by Crippen LogP contribution is -2.32. The predicted molar refractivity (Wildman–Crippen MR) is 101 cm³/mol. The molecule has 1 heterocycles. The Bertz CT molecular complexity index is 911. The van der Waals surface area contributed by atoms with Crippen molar-refractivity contribution in [2.45, 2.75) is 0 Å². The first-order valence-electron chi connectivity index (χ1n) is 8.03. The molecular formula is C19H17NO6S. The van der Waals surface area contributed by atoms with E-state index in [1.54, 1.807) is 18.2 Å². The van der Waals surface area contributed by atoms with Crippen molar-refractivity contribution in [1.29, 1.82) is 0 Å². The first-order valence-corrected chi connectivity index (χ1v) is 8.84. The Labute approximate surface area is 159 Å². The summed E-state index contributed by atoms with van der Waals surface area (Å²) in [6, 6.07) is 11.1. The molecule has 0 saturated carbocycles. The van der Waals surface area contributed by atoms with Crippen LogP contribution < -0.4 is 9.47 Å². The van der Waals surface area contributed by atoms with Crippen molar-refractivity contribution in [3.8, 4) is 23.0 Å². The SMILES string of the molecule is COc1ccccc1OCCN1C(=O)S/C(=C\c2ccc(O)cc2O)C1=O. The molecule has 1 fully saturated rings. The number of amides is 2. The number of carbonyl (C=O) groups is 2. The Balaban J connectivity index is 1.66. The number of thioether (sulfide) groups is 1. The monoisotopic (exact) mass is 387 g/mol. The standard InChI is InChI=1S/C19H17NO6S/c1-25-15-4-2-3-5-16(15)26-9-8-20-18(23)17(27-19(20)24)10-12-6-7-13(21)11-14(12)22/h2-7,10-11,21-22H,8-9H2,1H3/b17-10-. The van der Waals surface area contributed by atoms with E-state index >= 15 is 0 Å². The van der Waals surface area contributed by atoms with Crippen molar-refractivity contribution in [3.63, 3.8) is 0 Å². The average molecular weight is 387 g/mol. The van der Waals surface area contributed by atoms with Crippen LogP contribution >= 0.6 is 11.8 Å². The van der Waals surface area contributed by atoms with E-state index in [-0.39, 0.29) is 29.6 Å². The van der Waals surface area contributed by atoms with E-state index in [1.165, 1.54) is 25.3 Å². The highest BCUT2D eigenvalue weighted by Gasteiger charge is 2.35. The van der Waals surface area contributed by atoms with Crippen molar-refractivity contribution in [3.05, 3.63) is 52.9 Å². The average Bonchev–Trinajstić information content (AvgIpc) is 2.91. The van der Waals surface area contributed by atoms with E-state index in [4.69, 9.17) is 9.47 Å². The molecule has 0 unspecified atom stereocenters. The van der Waals surface area contributed by atoms with Gasteiger partial charge in [0.25, 0.3) is 11.1 Å². The topological polar surface area (TPSA) is 96.3 Å². The van der Waals surface area contributed by atoms with Gasteiger partial charge in [-0.25, -0.2) is 0 Å². The molecule has 0 aliphatic carbocycles. The molecule has 8 heteroatoms. The molecule has 1 saturated heterocycles. The van der Waals surface area contributed by atoms with Crippen LogP contribution in [-0.2, 0) is 4.79 Å². The summed E-state index contributed by atoms with van der Waals surface area (Å²) >= 11 is 0.788. The Morgan fingerprint density at radius 1 is 1.11 bits per heavy atom. The summed E-state index contributed by atoms with van der Waals surface area (Å²) in [5.41, 5.74) is 0.337. The molecule has 0 atom stereocenters. The number of phenolic OH excluding ortho intramolecular Hbond substituents is 2. The van der Waals surface area contributed by atoms with Gasteiger partial charge in [0.1, 0.15) is 18.1 Å². The van der Waals surface area contributed by atoms with Gasteiger partial charge in [0.15, 0.2) is 11.5 Å². The summed E-state index contributed by atoms with van der Waals surface area (Å²) in [7, 11) is 1.53. The quantitative estimate of drug-likeness (QED) is 0.735. The number of aromatic hydroxyl groups is 2. The van der Waals surface area contributed by atoms with Crippen LogP contribution in [0.5, 0.6) is 23.0 Å². The third-order valence-corrected chi connectivity index (χ3v) is 4.72. The molecule has 0 radical (unpaired) electrons. The number of phenols is 2. The van der Waals surface area contributed by atoms with Gasteiger partial charge in [-0.15, -0.1) is 0 Å². The highest BCUT2D eigenvalue weighted by atomic mass is 32.2. The number of benzene rings is 2. The Morgan fingerprint density at radius 2 is 1.85 bits per heavy atom. The number of ether oxygens (including phenoxy) is 2. The minimum absolute atomic E-state index is 0.0849. The van der Waals surface area contributed by atoms with Gasteiger partial charge in [-0.1, -0.05) is 12.1 Å². The van der Waals surface area contributed by atoms with E-state index < -0.39 is 11.1 Å². The normalized spacial score (nSPS) is 15.4. The molecule has 2 amide bonds. The van der Waals surface area contributed by atoms with Gasteiger partial charge in [-0.2, -0.15) is 0 Å². The highest BCUT2D eigenvalue weighted by molar-refractivity contribution is 8.18. The molecule has 2 aromatic carbocycles. The number of carbonyl (C=O) groups excluding carboxylic acids is 2. The number of hydrogen-bond acceptors (Lipinski definition) is 7. The van der Waals surface area contributed by atoms with Gasteiger partial charge >= 0.3 is 0 Å². The minimum atomic E-state index is -0.457. The predicted octanol–water partition coefficient (Wildman–Crippen LogP) is 3.22. The van der Waals surface area contributed by atoms with Crippen molar-refractivity contribution in [2.75, 3.05) is 20.3 Å². The number of methoxy groups -OCH3 is 1. The van der Waals surface area contributed by atoms with E-state index in [0.717, 1.165) is 22.7 Å². The Morgan fingerprint density at radius 3 is 2.56 bits per heavy atom. The molecule has 0 aromatic heterocycles. The molecule has 1 aliphatic rings. The van der Waals surface area contributed by atoms with Crippen LogP contribution in [0.2, 0.25) is 0 Å². The number of imide groups is 1. The summed E-state index contributed by atoms with van der Waals surface area (Å²) in [6.07, 6.45) is 1.42. The maximum atomic E-state index is 12.5. The second kappa shape index (κ2) is 8.05. The maximum Gasteiger partial charge on any atom is 0.293 e. The summed E-state index contributed by atoms with van der Waals surface area (Å²) < 4.78 is 10.8. The largest absolute Gasteiger partial charge is 0.508 e. The van der Waals surface area contributed by atoms with Crippen molar-refractivity contribution >= 4 is 29.0 Å². The van der Waals surface area contributed by atoms with Crippen molar-refractivity contribution in [2.24, 2.45) is 0 Å². The van der Waals surface area contributed by atoms with E-state index in [0.29, 0.717) is 17.1 Å². The van der Waals surface area contributed by atoms with E-state index in [9.17, 15) is 19.8 Å². The zero-order valence-corrected chi connectivity index (χ0v) is 15.2. The van der Waals surface area contributed by atoms with Crippen LogP contribution in [0, 0.1) is 0 Å². The van der Waals surface area contributed by atoms with Gasteiger partial charge < -0.3 is 19.7 Å². The minimum Gasteiger partial charge on any atom is -0.508 e. The maximum absolute atomic E-state index is 12.5. The van der Waals surface area contributed by atoms with Crippen LogP contribution in [0.3, 0.4) is 0 Å². The second-order valence-corrected chi connectivity index (χ2v) is 6.57. The number of rotatable bonds is 6. The third kappa shape index (κ3) is 4.17. The Kier molecular flexibility index (Phi) is 5.56. The zero-order chi connectivity index (χ0) is 19.4. The zero-order valence-electron chi connectivity index (χ0n) is 14.4. The third-order valence-electron chi connectivity index (χ3n) is 3.82. The fraction of sp³-hybridized carbons (Fsp3) is 0.158. The molecule has 2 N–H and O–H groups in total.